The summed E-state index contributed by atoms with van der Waals surface area (Å²) in [6.45, 7) is 5.85. The Labute approximate surface area is 224 Å². The van der Waals surface area contributed by atoms with Crippen LogP contribution >= 0.6 is 14.5 Å². The summed E-state index contributed by atoms with van der Waals surface area (Å²) in [4.78, 5) is 24.3. The molecule has 0 aromatic carbocycles. The molecule has 18 heteroatoms. The van der Waals surface area contributed by atoms with E-state index in [0.29, 0.717) is 53.7 Å². The minimum atomic E-state index is -2.56. The van der Waals surface area contributed by atoms with Crippen molar-refractivity contribution in [1.29, 1.82) is 0 Å². The molecule has 1 unspecified atom stereocenters. The Bertz CT molecular complexity index is 1510. The van der Waals surface area contributed by atoms with Crippen LogP contribution in [0.5, 0.6) is 0 Å². The maximum atomic E-state index is 11.6. The van der Waals surface area contributed by atoms with E-state index in [2.05, 4.69) is 29.9 Å². The number of anilines is 2. The van der Waals surface area contributed by atoms with Gasteiger partial charge in [0, 0.05) is 6.66 Å². The molecule has 39 heavy (non-hydrogen) atoms. The van der Waals surface area contributed by atoms with E-state index in [4.69, 9.17) is 25.5 Å². The standard InChI is InChI=1S/C11H18N5O3P.C10H14N5O3P/c1-20(2,18)7-19-8(4-17)3-16-6-15-9-10(12)13-5-14-11(9)16;1-19(16)6-17-7(3-18-19)2-15-5-14-8-9(11)12-4-13-10(8)15/h5-6,8,17H,3-4,7H2,1-2H3,(H2,12,13,14);4-5,7H,2-3,6H2,1H3,(H2,11,12,13)/t8-;7-,19?/m00/s1. The van der Waals surface area contributed by atoms with Crippen LogP contribution in [0.2, 0.25) is 0 Å². The van der Waals surface area contributed by atoms with Gasteiger partial charge in [-0.05, 0) is 13.3 Å². The lowest BCUT2D eigenvalue weighted by molar-refractivity contribution is 0.00508. The Hall–Kier alpha value is -3.00. The Morgan fingerprint density at radius 3 is 2.21 bits per heavy atom. The highest BCUT2D eigenvalue weighted by Crippen LogP contribution is 2.45. The van der Waals surface area contributed by atoms with E-state index in [1.54, 1.807) is 37.2 Å². The van der Waals surface area contributed by atoms with Crippen molar-refractivity contribution in [3.8, 4) is 0 Å². The van der Waals surface area contributed by atoms with Gasteiger partial charge in [-0.3, -0.25) is 4.57 Å². The summed E-state index contributed by atoms with van der Waals surface area (Å²) in [7, 11) is -4.85. The average Bonchev–Trinajstić information content (AvgIpc) is 3.49. The summed E-state index contributed by atoms with van der Waals surface area (Å²) in [6.07, 6.45) is 5.58. The van der Waals surface area contributed by atoms with Crippen molar-refractivity contribution in [3.63, 3.8) is 0 Å². The van der Waals surface area contributed by atoms with Crippen LogP contribution in [0.15, 0.2) is 25.3 Å². The number of hydrogen-bond acceptors (Lipinski definition) is 14. The Kier molecular flexibility index (Phi) is 8.94. The Morgan fingerprint density at radius 1 is 1.08 bits per heavy atom. The fourth-order valence-corrected chi connectivity index (χ4v) is 5.23. The number of nitrogen functional groups attached to an aromatic ring is 2. The van der Waals surface area contributed by atoms with Crippen molar-refractivity contribution in [2.75, 3.05) is 57.4 Å². The summed E-state index contributed by atoms with van der Waals surface area (Å²) in [5, 5.41) is 9.34. The summed E-state index contributed by atoms with van der Waals surface area (Å²) >= 11 is 0. The molecule has 5 N–H and O–H groups in total. The van der Waals surface area contributed by atoms with E-state index in [1.165, 1.54) is 12.7 Å². The topological polar surface area (TPSA) is 221 Å². The molecular weight excluding hydrogens is 550 g/mol. The third-order valence-corrected chi connectivity index (χ3v) is 7.65. The molecule has 212 valence electrons. The fourth-order valence-electron chi connectivity index (χ4n) is 3.62. The molecule has 3 atom stereocenters. The zero-order valence-electron chi connectivity index (χ0n) is 21.8. The lowest BCUT2D eigenvalue weighted by Gasteiger charge is -2.27. The van der Waals surface area contributed by atoms with E-state index < -0.39 is 20.6 Å². The van der Waals surface area contributed by atoms with Gasteiger partial charge in [0.2, 0.25) is 7.37 Å². The average molecular weight is 582 g/mol. The van der Waals surface area contributed by atoms with Gasteiger partial charge >= 0.3 is 0 Å². The van der Waals surface area contributed by atoms with E-state index in [0.717, 1.165) is 0 Å². The maximum absolute atomic E-state index is 11.6. The molecule has 4 aromatic heterocycles. The van der Waals surface area contributed by atoms with Crippen LogP contribution in [0.4, 0.5) is 11.6 Å². The number of nitrogens with zero attached hydrogens (tertiary/aromatic N) is 8. The lowest BCUT2D eigenvalue weighted by Crippen LogP contribution is -2.29. The molecule has 0 amide bonds. The zero-order valence-corrected chi connectivity index (χ0v) is 23.6. The van der Waals surface area contributed by atoms with Gasteiger partial charge in [-0.2, -0.15) is 0 Å². The smallest absolute Gasteiger partial charge is 0.225 e. The minimum absolute atomic E-state index is 0.127. The van der Waals surface area contributed by atoms with Gasteiger partial charge in [0.15, 0.2) is 22.9 Å². The van der Waals surface area contributed by atoms with Crippen molar-refractivity contribution in [3.05, 3.63) is 25.3 Å². The van der Waals surface area contributed by atoms with Crippen molar-refractivity contribution in [2.45, 2.75) is 25.3 Å². The number of aliphatic hydroxyl groups is 1. The number of rotatable bonds is 8. The Morgan fingerprint density at radius 2 is 1.67 bits per heavy atom. The SMILES string of the molecule is CP(C)(=O)CO[C@H](CO)Cn1cnc2c(N)ncnc21.CP1(=O)CO[C@@H](Cn2cnc3c(N)ncnc32)CO1. The number of imidazole rings is 2. The molecule has 0 radical (unpaired) electrons. The van der Waals surface area contributed by atoms with Gasteiger partial charge < -0.3 is 44.3 Å². The molecule has 1 aliphatic heterocycles. The van der Waals surface area contributed by atoms with E-state index in [9.17, 15) is 14.2 Å². The fraction of sp³-hybridized carbons (Fsp3) is 0.524. The molecule has 1 saturated heterocycles. The van der Waals surface area contributed by atoms with Crippen molar-refractivity contribution in [1.82, 2.24) is 39.0 Å². The molecule has 0 spiro atoms. The second-order valence-electron chi connectivity index (χ2n) is 9.56. The molecule has 0 bridgehead atoms. The highest BCUT2D eigenvalue weighted by Gasteiger charge is 2.28. The minimum Gasteiger partial charge on any atom is -0.394 e. The highest BCUT2D eigenvalue weighted by molar-refractivity contribution is 7.62. The first-order valence-corrected chi connectivity index (χ1v) is 16.9. The van der Waals surface area contributed by atoms with Crippen LogP contribution < -0.4 is 11.5 Å². The van der Waals surface area contributed by atoms with Gasteiger partial charge in [0.25, 0.3) is 0 Å². The first-order valence-electron chi connectivity index (χ1n) is 11.9. The van der Waals surface area contributed by atoms with Gasteiger partial charge in [0.05, 0.1) is 57.5 Å². The number of aliphatic hydroxyl groups excluding tert-OH is 1. The largest absolute Gasteiger partial charge is 0.394 e. The molecule has 1 aliphatic rings. The first kappa shape index (κ1) is 29.0. The molecule has 5 heterocycles. The second kappa shape index (κ2) is 12.0. The number of nitrogens with two attached hydrogens (primary N) is 2. The van der Waals surface area contributed by atoms with E-state index in [1.807, 2.05) is 4.57 Å². The number of hydrogen-bond donors (Lipinski definition) is 3. The number of fused-ring (bicyclic) bond motifs is 2. The summed E-state index contributed by atoms with van der Waals surface area (Å²) in [5.74, 6) is 0.657. The van der Waals surface area contributed by atoms with E-state index in [-0.39, 0.29) is 25.4 Å². The van der Waals surface area contributed by atoms with Gasteiger partial charge in [-0.25, -0.2) is 29.9 Å². The summed E-state index contributed by atoms with van der Waals surface area (Å²) in [5.41, 5.74) is 13.7. The second-order valence-corrected chi connectivity index (χ2v) is 15.5. The predicted octanol–water partition coefficient (Wildman–Crippen LogP) is 1.06. The molecule has 0 saturated carbocycles. The van der Waals surface area contributed by atoms with Crippen LogP contribution in [0.3, 0.4) is 0 Å². The van der Waals surface area contributed by atoms with Crippen LogP contribution in [-0.4, -0.2) is 102 Å². The van der Waals surface area contributed by atoms with Crippen LogP contribution in [0, 0.1) is 0 Å². The zero-order chi connectivity index (χ0) is 28.2. The van der Waals surface area contributed by atoms with Crippen LogP contribution in [-0.2, 0) is 36.2 Å². The molecule has 4 aromatic rings. The van der Waals surface area contributed by atoms with Crippen LogP contribution in [0.25, 0.3) is 22.3 Å². The van der Waals surface area contributed by atoms with Crippen molar-refractivity contribution >= 4 is 48.5 Å². The maximum Gasteiger partial charge on any atom is 0.225 e. The van der Waals surface area contributed by atoms with Crippen molar-refractivity contribution in [2.24, 2.45) is 0 Å². The summed E-state index contributed by atoms with van der Waals surface area (Å²) < 4.78 is 43.1. The quantitative estimate of drug-likeness (QED) is 0.247. The Balaban J connectivity index is 0.000000181. The van der Waals surface area contributed by atoms with Gasteiger partial charge in [0.1, 0.15) is 37.2 Å². The van der Waals surface area contributed by atoms with Crippen molar-refractivity contribution < 1.29 is 28.2 Å². The molecule has 5 rings (SSSR count). The molecule has 1 fully saturated rings. The first-order chi connectivity index (χ1) is 18.5. The third kappa shape index (κ3) is 7.56. The van der Waals surface area contributed by atoms with E-state index >= 15 is 0 Å². The molecule has 0 aliphatic carbocycles. The van der Waals surface area contributed by atoms with Gasteiger partial charge in [-0.1, -0.05) is 0 Å². The number of aromatic nitrogens is 8. The summed E-state index contributed by atoms with van der Waals surface area (Å²) in [6, 6.07) is 0. The number of ether oxygens (including phenoxy) is 2. The lowest BCUT2D eigenvalue weighted by atomic mass is 10.3. The third-order valence-electron chi connectivity index (χ3n) is 5.56. The normalized spacial score (nSPS) is 20.6. The molecule has 16 nitrogen and oxygen atoms in total. The van der Waals surface area contributed by atoms with Crippen LogP contribution in [0.1, 0.15) is 0 Å². The molecular formula is C21H32N10O6P2. The highest BCUT2D eigenvalue weighted by atomic mass is 31.2. The van der Waals surface area contributed by atoms with Gasteiger partial charge in [-0.15, -0.1) is 0 Å². The predicted molar refractivity (Wildman–Crippen MR) is 145 cm³/mol. The monoisotopic (exact) mass is 582 g/mol.